The Morgan fingerprint density at radius 1 is 1.00 bits per heavy atom. The Bertz CT molecular complexity index is 864. The monoisotopic (exact) mass is 307 g/mol. The number of nitrogens with one attached hydrogen (secondary N) is 3. The third-order valence-electron chi connectivity index (χ3n) is 3.32. The van der Waals surface area contributed by atoms with Crippen LogP contribution in [0.3, 0.4) is 0 Å². The summed E-state index contributed by atoms with van der Waals surface area (Å²) in [5, 5.41) is 2.94. The molecule has 0 atom stereocenters. The lowest BCUT2D eigenvalue weighted by Crippen LogP contribution is -2.11. The van der Waals surface area contributed by atoms with E-state index in [1.54, 1.807) is 24.3 Å². The first-order valence-corrected chi connectivity index (χ1v) is 6.54. The average Bonchev–Trinajstić information content (AvgIpc) is 2.83. The van der Waals surface area contributed by atoms with Crippen LogP contribution in [0, 0.1) is 0 Å². The van der Waals surface area contributed by atoms with Crippen molar-refractivity contribution in [3.05, 3.63) is 64.1 Å². The number of hydrogen-bond acceptors (Lipinski definition) is 2. The molecule has 22 heavy (non-hydrogen) atoms. The molecule has 4 nitrogen and oxygen atoms in total. The molecule has 0 saturated heterocycles. The maximum Gasteiger partial charge on any atom is 0.416 e. The Balaban J connectivity index is 1.83. The molecule has 0 amide bonds. The van der Waals surface area contributed by atoms with Crippen LogP contribution in [-0.2, 0) is 12.7 Å². The molecule has 3 rings (SSSR count). The fraction of sp³-hybridized carbons (Fsp3) is 0.133. The van der Waals surface area contributed by atoms with Crippen LogP contribution in [0.2, 0.25) is 0 Å². The standard InChI is InChI=1S/C15H12F3N3O/c16-15(17,18)11-4-2-1-3-9(11)8-19-10-5-6-12-13(7-10)21-14(22)20-12/h1-7,19H,8H2,(H2,20,21,22). The molecule has 1 aromatic heterocycles. The predicted octanol–water partition coefficient (Wildman–Crippen LogP) is 3.49. The van der Waals surface area contributed by atoms with E-state index in [9.17, 15) is 18.0 Å². The van der Waals surface area contributed by atoms with Gasteiger partial charge in [0, 0.05) is 12.2 Å². The molecule has 3 aromatic rings. The lowest BCUT2D eigenvalue weighted by atomic mass is 10.1. The molecule has 0 spiro atoms. The third kappa shape index (κ3) is 2.83. The van der Waals surface area contributed by atoms with Crippen LogP contribution in [-0.4, -0.2) is 9.97 Å². The second-order valence-corrected chi connectivity index (χ2v) is 4.85. The number of benzene rings is 2. The molecule has 0 fully saturated rings. The van der Waals surface area contributed by atoms with Crippen molar-refractivity contribution in [1.29, 1.82) is 0 Å². The Labute approximate surface area is 123 Å². The first kappa shape index (κ1) is 14.2. The number of aromatic nitrogens is 2. The topological polar surface area (TPSA) is 60.7 Å². The van der Waals surface area contributed by atoms with E-state index in [-0.39, 0.29) is 17.8 Å². The van der Waals surface area contributed by atoms with Crippen LogP contribution < -0.4 is 11.0 Å². The van der Waals surface area contributed by atoms with E-state index in [0.29, 0.717) is 16.7 Å². The molecule has 0 saturated carbocycles. The first-order chi connectivity index (χ1) is 10.4. The summed E-state index contributed by atoms with van der Waals surface area (Å²) >= 11 is 0. The zero-order chi connectivity index (χ0) is 15.7. The largest absolute Gasteiger partial charge is 0.416 e. The first-order valence-electron chi connectivity index (χ1n) is 6.54. The summed E-state index contributed by atoms with van der Waals surface area (Å²) in [4.78, 5) is 16.4. The van der Waals surface area contributed by atoms with E-state index >= 15 is 0 Å². The van der Waals surface area contributed by atoms with E-state index in [0.717, 1.165) is 6.07 Å². The normalized spacial score (nSPS) is 11.8. The van der Waals surface area contributed by atoms with Crippen molar-refractivity contribution in [3.8, 4) is 0 Å². The highest BCUT2D eigenvalue weighted by Gasteiger charge is 2.32. The SMILES string of the molecule is O=c1[nH]c2ccc(NCc3ccccc3C(F)(F)F)cc2[nH]1. The molecule has 1 heterocycles. The van der Waals surface area contributed by atoms with Gasteiger partial charge in [-0.05, 0) is 29.8 Å². The quantitative estimate of drug-likeness (QED) is 0.693. The van der Waals surface area contributed by atoms with Crippen molar-refractivity contribution in [2.24, 2.45) is 0 Å². The summed E-state index contributed by atoms with van der Waals surface area (Å²) < 4.78 is 38.7. The van der Waals surface area contributed by atoms with Gasteiger partial charge in [-0.15, -0.1) is 0 Å². The maximum absolute atomic E-state index is 12.9. The van der Waals surface area contributed by atoms with Gasteiger partial charge in [0.2, 0.25) is 0 Å². The Kier molecular flexibility index (Phi) is 3.40. The van der Waals surface area contributed by atoms with Gasteiger partial charge < -0.3 is 15.3 Å². The van der Waals surface area contributed by atoms with Crippen molar-refractivity contribution < 1.29 is 13.2 Å². The lowest BCUT2D eigenvalue weighted by Gasteiger charge is -2.13. The average molecular weight is 307 g/mol. The van der Waals surface area contributed by atoms with Gasteiger partial charge >= 0.3 is 11.9 Å². The Morgan fingerprint density at radius 2 is 1.73 bits per heavy atom. The van der Waals surface area contributed by atoms with Crippen LogP contribution in [0.1, 0.15) is 11.1 Å². The molecule has 0 aliphatic rings. The number of imidazole rings is 1. The molecule has 0 bridgehead atoms. The fourth-order valence-corrected chi connectivity index (χ4v) is 2.29. The number of rotatable bonds is 3. The van der Waals surface area contributed by atoms with Gasteiger partial charge in [-0.1, -0.05) is 18.2 Å². The molecule has 114 valence electrons. The van der Waals surface area contributed by atoms with Crippen LogP contribution in [0.5, 0.6) is 0 Å². The fourth-order valence-electron chi connectivity index (χ4n) is 2.29. The Morgan fingerprint density at radius 3 is 2.50 bits per heavy atom. The molecular weight excluding hydrogens is 295 g/mol. The van der Waals surface area contributed by atoms with Crippen molar-refractivity contribution in [2.45, 2.75) is 12.7 Å². The highest BCUT2D eigenvalue weighted by Crippen LogP contribution is 2.32. The number of anilines is 1. The summed E-state index contributed by atoms with van der Waals surface area (Å²) in [5.41, 5.74) is 1.05. The van der Waals surface area contributed by atoms with E-state index in [2.05, 4.69) is 15.3 Å². The van der Waals surface area contributed by atoms with Gasteiger partial charge in [-0.25, -0.2) is 4.79 Å². The van der Waals surface area contributed by atoms with Crippen LogP contribution in [0.4, 0.5) is 18.9 Å². The van der Waals surface area contributed by atoms with Gasteiger partial charge in [0.15, 0.2) is 0 Å². The number of halogens is 3. The molecule has 0 aliphatic heterocycles. The number of aromatic amines is 2. The van der Waals surface area contributed by atoms with Gasteiger partial charge in [0.1, 0.15) is 0 Å². The third-order valence-corrected chi connectivity index (χ3v) is 3.32. The molecular formula is C15H12F3N3O. The smallest absolute Gasteiger partial charge is 0.381 e. The molecule has 7 heteroatoms. The van der Waals surface area contributed by atoms with Crippen molar-refractivity contribution in [3.63, 3.8) is 0 Å². The maximum atomic E-state index is 12.9. The minimum absolute atomic E-state index is 0.0375. The minimum atomic E-state index is -4.38. The van der Waals surface area contributed by atoms with Crippen LogP contribution >= 0.6 is 0 Å². The summed E-state index contributed by atoms with van der Waals surface area (Å²) in [7, 11) is 0. The molecule has 2 aromatic carbocycles. The van der Waals surface area contributed by atoms with Crippen molar-refractivity contribution in [1.82, 2.24) is 9.97 Å². The summed E-state index contributed by atoms with van der Waals surface area (Å²) in [6, 6.07) is 10.5. The Hall–Kier alpha value is -2.70. The second-order valence-electron chi connectivity index (χ2n) is 4.85. The van der Waals surface area contributed by atoms with Gasteiger partial charge in [0.05, 0.1) is 16.6 Å². The summed E-state index contributed by atoms with van der Waals surface area (Å²) in [6.07, 6.45) is -4.38. The molecule has 0 aliphatic carbocycles. The van der Waals surface area contributed by atoms with Crippen LogP contribution in [0.15, 0.2) is 47.3 Å². The van der Waals surface area contributed by atoms with E-state index in [1.807, 2.05) is 0 Å². The zero-order valence-corrected chi connectivity index (χ0v) is 11.3. The molecule has 0 unspecified atom stereocenters. The highest BCUT2D eigenvalue weighted by atomic mass is 19.4. The summed E-state index contributed by atoms with van der Waals surface area (Å²) in [6.45, 7) is 0.0375. The lowest BCUT2D eigenvalue weighted by molar-refractivity contribution is -0.138. The number of alkyl halides is 3. The van der Waals surface area contributed by atoms with Gasteiger partial charge in [-0.2, -0.15) is 13.2 Å². The van der Waals surface area contributed by atoms with Crippen LogP contribution in [0.25, 0.3) is 11.0 Å². The number of hydrogen-bond donors (Lipinski definition) is 3. The van der Waals surface area contributed by atoms with Crippen molar-refractivity contribution >= 4 is 16.7 Å². The second kappa shape index (κ2) is 5.25. The van der Waals surface area contributed by atoms with E-state index < -0.39 is 11.7 Å². The molecule has 0 radical (unpaired) electrons. The van der Waals surface area contributed by atoms with Crippen molar-refractivity contribution in [2.75, 3.05) is 5.32 Å². The van der Waals surface area contributed by atoms with E-state index in [1.165, 1.54) is 12.1 Å². The number of H-pyrrole nitrogens is 2. The van der Waals surface area contributed by atoms with Gasteiger partial charge in [-0.3, -0.25) is 0 Å². The van der Waals surface area contributed by atoms with Gasteiger partial charge in [0.25, 0.3) is 0 Å². The predicted molar refractivity (Wildman–Crippen MR) is 77.7 cm³/mol. The summed E-state index contributed by atoms with van der Waals surface area (Å²) in [5.74, 6) is 0. The number of fused-ring (bicyclic) bond motifs is 1. The van der Waals surface area contributed by atoms with E-state index in [4.69, 9.17) is 0 Å². The molecule has 3 N–H and O–H groups in total. The minimum Gasteiger partial charge on any atom is -0.381 e. The highest BCUT2D eigenvalue weighted by molar-refractivity contribution is 5.78. The zero-order valence-electron chi connectivity index (χ0n) is 11.3.